The van der Waals surface area contributed by atoms with Gasteiger partial charge < -0.3 is 15.8 Å². The summed E-state index contributed by atoms with van der Waals surface area (Å²) in [5.74, 6) is 0.406. The van der Waals surface area contributed by atoms with Gasteiger partial charge in [-0.15, -0.1) is 12.4 Å². The Morgan fingerprint density at radius 3 is 2.54 bits per heavy atom. The molecule has 0 heterocycles. The molecular weight excluding hydrogens is 331 g/mol. The molecule has 134 valence electrons. The van der Waals surface area contributed by atoms with E-state index < -0.39 is 11.9 Å². The third-order valence-electron chi connectivity index (χ3n) is 5.20. The number of para-hydroxylation sites is 1. The monoisotopic (exact) mass is 356 g/mol. The Labute approximate surface area is 148 Å². The van der Waals surface area contributed by atoms with Crippen molar-refractivity contribution in [1.29, 1.82) is 0 Å². The second-order valence-corrected chi connectivity index (χ2v) is 6.91. The Hall–Kier alpha value is -1.33. The summed E-state index contributed by atoms with van der Waals surface area (Å²) >= 11 is 0. The van der Waals surface area contributed by atoms with E-state index in [1.807, 2.05) is 0 Å². The Morgan fingerprint density at radius 2 is 1.92 bits per heavy atom. The summed E-state index contributed by atoms with van der Waals surface area (Å²) in [6, 6.07) is 6.59. The molecule has 1 amide bonds. The van der Waals surface area contributed by atoms with Crippen molar-refractivity contribution in [3.63, 3.8) is 0 Å². The van der Waals surface area contributed by atoms with Crippen molar-refractivity contribution in [2.24, 2.45) is 17.6 Å². The third-order valence-corrected chi connectivity index (χ3v) is 5.20. The number of fused-ring (bicyclic) bond motifs is 2. The van der Waals surface area contributed by atoms with Gasteiger partial charge in [0.25, 0.3) is 5.91 Å². The van der Waals surface area contributed by atoms with Gasteiger partial charge in [0.2, 0.25) is 0 Å². The van der Waals surface area contributed by atoms with Crippen LogP contribution in [0.3, 0.4) is 0 Å². The zero-order chi connectivity index (χ0) is 16.4. The first-order valence-corrected chi connectivity index (χ1v) is 8.51. The minimum Gasteiger partial charge on any atom is -0.478 e. The number of hydrogen-bond donors (Lipinski definition) is 2. The third kappa shape index (κ3) is 4.19. The van der Waals surface area contributed by atoms with Gasteiger partial charge in [-0.2, -0.15) is 0 Å². The predicted molar refractivity (Wildman–Crippen MR) is 93.7 cm³/mol. The zero-order valence-corrected chi connectivity index (χ0v) is 14.7. The van der Waals surface area contributed by atoms with Crippen LogP contribution in [0.5, 0.6) is 5.75 Å². The number of ether oxygens (including phenoxy) is 1. The minimum atomic E-state index is -0.719. The molecule has 0 radical (unpaired) electrons. The van der Waals surface area contributed by atoms with Crippen LogP contribution in [0.15, 0.2) is 24.3 Å². The highest BCUT2D eigenvalue weighted by Crippen LogP contribution is 2.39. The molecule has 2 aliphatic carbocycles. The molecular formula is C18H26ClFN2O2. The molecule has 0 saturated heterocycles. The number of carbonyl (C=O) groups is 1. The highest BCUT2D eigenvalue weighted by atomic mass is 35.5. The molecule has 0 aliphatic heterocycles. The van der Waals surface area contributed by atoms with Crippen molar-refractivity contribution >= 4 is 18.3 Å². The summed E-state index contributed by atoms with van der Waals surface area (Å²) in [6.07, 6.45) is 4.70. The smallest absolute Gasteiger partial charge is 0.261 e. The van der Waals surface area contributed by atoms with E-state index in [1.54, 1.807) is 19.1 Å². The van der Waals surface area contributed by atoms with Gasteiger partial charge in [0, 0.05) is 12.1 Å². The molecule has 4 nitrogen and oxygen atoms in total. The van der Waals surface area contributed by atoms with E-state index in [4.69, 9.17) is 10.5 Å². The molecule has 24 heavy (non-hydrogen) atoms. The topological polar surface area (TPSA) is 64.3 Å². The van der Waals surface area contributed by atoms with Crippen molar-refractivity contribution < 1.29 is 13.9 Å². The zero-order valence-electron chi connectivity index (χ0n) is 13.9. The van der Waals surface area contributed by atoms with Gasteiger partial charge in [-0.1, -0.05) is 18.6 Å². The predicted octanol–water partition coefficient (Wildman–Crippen LogP) is 3.04. The molecule has 1 aromatic carbocycles. The molecule has 2 aliphatic rings. The number of hydrogen-bond acceptors (Lipinski definition) is 3. The lowest BCUT2D eigenvalue weighted by Gasteiger charge is -2.45. The highest BCUT2D eigenvalue weighted by molar-refractivity contribution is 5.85. The summed E-state index contributed by atoms with van der Waals surface area (Å²) in [5.41, 5.74) is 6.12. The molecule has 3 atom stereocenters. The lowest BCUT2D eigenvalue weighted by molar-refractivity contribution is -0.129. The first-order chi connectivity index (χ1) is 11.0. The maximum absolute atomic E-state index is 13.6. The molecule has 2 saturated carbocycles. The van der Waals surface area contributed by atoms with Crippen LogP contribution in [-0.4, -0.2) is 24.1 Å². The largest absolute Gasteiger partial charge is 0.478 e. The van der Waals surface area contributed by atoms with Crippen molar-refractivity contribution in [2.45, 2.75) is 57.2 Å². The standard InChI is InChI=1S/C18H25FN2O2.ClH/c1-11(23-16-8-3-2-7-15(16)19)18(22)21-17-12-5-4-6-13(17)10-14(20)9-12;/h2-3,7-8,11-14,17H,4-6,9-10,20H2,1H3,(H,21,22);1H. The lowest BCUT2D eigenvalue weighted by atomic mass is 9.67. The number of benzene rings is 1. The average molecular weight is 357 g/mol. The Kier molecular flexibility index (Phi) is 6.47. The summed E-state index contributed by atoms with van der Waals surface area (Å²) in [5, 5.41) is 3.14. The van der Waals surface area contributed by atoms with Gasteiger partial charge in [-0.05, 0) is 56.6 Å². The van der Waals surface area contributed by atoms with E-state index in [0.29, 0.717) is 11.8 Å². The maximum Gasteiger partial charge on any atom is 0.261 e. The van der Waals surface area contributed by atoms with E-state index in [0.717, 1.165) is 25.7 Å². The van der Waals surface area contributed by atoms with Gasteiger partial charge in [0.05, 0.1) is 0 Å². The summed E-state index contributed by atoms with van der Waals surface area (Å²) in [7, 11) is 0. The molecule has 1 aromatic rings. The van der Waals surface area contributed by atoms with Crippen molar-refractivity contribution in [3.05, 3.63) is 30.1 Å². The van der Waals surface area contributed by atoms with E-state index in [9.17, 15) is 9.18 Å². The maximum atomic E-state index is 13.6. The fourth-order valence-electron chi connectivity index (χ4n) is 4.09. The van der Waals surface area contributed by atoms with Crippen LogP contribution in [0.1, 0.15) is 39.0 Å². The van der Waals surface area contributed by atoms with Crippen molar-refractivity contribution in [1.82, 2.24) is 5.32 Å². The number of carbonyl (C=O) groups excluding carboxylic acids is 1. The molecule has 0 aromatic heterocycles. The van der Waals surface area contributed by atoms with E-state index in [2.05, 4.69) is 5.32 Å². The number of nitrogens with two attached hydrogens (primary N) is 1. The van der Waals surface area contributed by atoms with E-state index in [-0.39, 0.29) is 36.1 Å². The fourth-order valence-corrected chi connectivity index (χ4v) is 4.09. The first-order valence-electron chi connectivity index (χ1n) is 8.51. The number of rotatable bonds is 4. The van der Waals surface area contributed by atoms with Gasteiger partial charge in [-0.3, -0.25) is 4.79 Å². The van der Waals surface area contributed by atoms with Gasteiger partial charge >= 0.3 is 0 Å². The number of halogens is 2. The van der Waals surface area contributed by atoms with Crippen LogP contribution in [0.2, 0.25) is 0 Å². The molecule has 6 heteroatoms. The summed E-state index contributed by atoms with van der Waals surface area (Å²) < 4.78 is 19.1. The van der Waals surface area contributed by atoms with Gasteiger partial charge in [0.15, 0.2) is 17.7 Å². The molecule has 0 spiro atoms. The normalized spacial score (nSPS) is 30.0. The molecule has 2 bridgehead atoms. The van der Waals surface area contributed by atoms with Crippen molar-refractivity contribution in [2.75, 3.05) is 0 Å². The Bertz CT molecular complexity index is 558. The average Bonchev–Trinajstić information content (AvgIpc) is 2.50. The van der Waals surface area contributed by atoms with Gasteiger partial charge in [-0.25, -0.2) is 4.39 Å². The highest BCUT2D eigenvalue weighted by Gasteiger charge is 2.40. The molecule has 2 fully saturated rings. The molecule has 3 N–H and O–H groups in total. The number of amides is 1. The van der Waals surface area contributed by atoms with Crippen molar-refractivity contribution in [3.8, 4) is 5.75 Å². The summed E-state index contributed by atoms with van der Waals surface area (Å²) in [4.78, 5) is 12.4. The molecule has 3 unspecified atom stereocenters. The fraction of sp³-hybridized carbons (Fsp3) is 0.611. The minimum absolute atomic E-state index is 0. The van der Waals surface area contributed by atoms with E-state index in [1.165, 1.54) is 18.6 Å². The summed E-state index contributed by atoms with van der Waals surface area (Å²) in [6.45, 7) is 1.66. The first kappa shape index (κ1) is 19.0. The second kappa shape index (κ2) is 8.17. The van der Waals surface area contributed by atoms with Crippen LogP contribution >= 0.6 is 12.4 Å². The Morgan fingerprint density at radius 1 is 1.29 bits per heavy atom. The molecule has 3 rings (SSSR count). The Balaban J connectivity index is 0.00000208. The van der Waals surface area contributed by atoms with E-state index >= 15 is 0 Å². The quantitative estimate of drug-likeness (QED) is 0.871. The van der Waals surface area contributed by atoms with Crippen LogP contribution in [0.25, 0.3) is 0 Å². The van der Waals surface area contributed by atoms with Crippen LogP contribution in [0.4, 0.5) is 4.39 Å². The van der Waals surface area contributed by atoms with Crippen LogP contribution in [0, 0.1) is 17.7 Å². The SMILES string of the molecule is CC(Oc1ccccc1F)C(=O)NC1C2CCCC1CC(N)C2.Cl. The van der Waals surface area contributed by atoms with Gasteiger partial charge in [0.1, 0.15) is 0 Å². The lowest BCUT2D eigenvalue weighted by Crippen LogP contribution is -2.55. The van der Waals surface area contributed by atoms with Crippen LogP contribution in [-0.2, 0) is 4.79 Å². The number of nitrogens with one attached hydrogen (secondary N) is 1. The second-order valence-electron chi connectivity index (χ2n) is 6.91. The van der Waals surface area contributed by atoms with Crippen LogP contribution < -0.4 is 15.8 Å².